The number of nitrogens with one attached hydrogen (secondary N) is 2. The molecule has 34 heavy (non-hydrogen) atoms. The average Bonchev–Trinajstić information content (AvgIpc) is 3.24. The van der Waals surface area contributed by atoms with Crippen LogP contribution in [0.25, 0.3) is 0 Å². The predicted octanol–water partition coefficient (Wildman–Crippen LogP) is 4.47. The number of para-hydroxylation sites is 2. The number of ether oxygens (including phenoxy) is 1. The molecule has 0 radical (unpaired) electrons. The van der Waals surface area contributed by atoms with E-state index in [-0.39, 0.29) is 29.5 Å². The molecule has 0 saturated carbocycles. The first kappa shape index (κ1) is 25.3. The molecule has 0 saturated heterocycles. The largest absolute Gasteiger partial charge is 0.495 e. The molecule has 0 aliphatic rings. The van der Waals surface area contributed by atoms with Gasteiger partial charge in [0.15, 0.2) is 11.0 Å². The highest BCUT2D eigenvalue weighted by Gasteiger charge is 2.26. The lowest BCUT2D eigenvalue weighted by Crippen LogP contribution is -2.33. The number of rotatable bonds is 10. The van der Waals surface area contributed by atoms with Crippen molar-refractivity contribution < 1.29 is 14.3 Å². The van der Waals surface area contributed by atoms with Crippen molar-refractivity contribution in [3.8, 4) is 5.75 Å². The standard InChI is InChI=1S/C25H31N5O3S/c1-6-30-23(22(16(2)3)27-24(32)18-13-11-17(4)12-14-18)28-29-25(30)34-15-21(31)26-19-9-7-8-10-20(19)33-5/h7-14,16,22H,6,15H2,1-5H3,(H,26,31)(H,27,32)/t22-/m1/s1. The molecular weight excluding hydrogens is 450 g/mol. The number of carbonyl (C=O) groups is 2. The van der Waals surface area contributed by atoms with E-state index in [1.807, 2.05) is 68.7 Å². The minimum absolute atomic E-state index is 0.0931. The predicted molar refractivity (Wildman–Crippen MR) is 134 cm³/mol. The van der Waals surface area contributed by atoms with Gasteiger partial charge in [-0.15, -0.1) is 10.2 Å². The van der Waals surface area contributed by atoms with Crippen molar-refractivity contribution in [2.45, 2.75) is 45.4 Å². The first-order valence-corrected chi connectivity index (χ1v) is 12.2. The SMILES string of the molecule is CCn1c(SCC(=O)Nc2ccccc2OC)nnc1[C@H](NC(=O)c1ccc(C)cc1)C(C)C. The summed E-state index contributed by atoms with van der Waals surface area (Å²) in [6.45, 7) is 8.65. The van der Waals surface area contributed by atoms with Crippen molar-refractivity contribution in [2.24, 2.45) is 5.92 Å². The summed E-state index contributed by atoms with van der Waals surface area (Å²) in [5.74, 6) is 1.20. The molecule has 3 aromatic rings. The second-order valence-corrected chi connectivity index (χ2v) is 9.13. The van der Waals surface area contributed by atoms with E-state index in [1.54, 1.807) is 19.2 Å². The molecule has 2 amide bonds. The van der Waals surface area contributed by atoms with Gasteiger partial charge in [0.05, 0.1) is 24.6 Å². The summed E-state index contributed by atoms with van der Waals surface area (Å²) >= 11 is 1.30. The molecular formula is C25H31N5O3S. The Balaban J connectivity index is 1.71. The highest BCUT2D eigenvalue weighted by atomic mass is 32.2. The number of methoxy groups -OCH3 is 1. The number of anilines is 1. The number of nitrogens with zero attached hydrogens (tertiary/aromatic N) is 3. The summed E-state index contributed by atoms with van der Waals surface area (Å²) in [5, 5.41) is 15.3. The third-order valence-corrected chi connectivity index (χ3v) is 6.29. The Bertz CT molecular complexity index is 1130. The van der Waals surface area contributed by atoms with E-state index >= 15 is 0 Å². The zero-order valence-electron chi connectivity index (χ0n) is 20.2. The van der Waals surface area contributed by atoms with Crippen molar-refractivity contribution in [1.82, 2.24) is 20.1 Å². The zero-order chi connectivity index (χ0) is 24.7. The minimum atomic E-state index is -0.321. The smallest absolute Gasteiger partial charge is 0.251 e. The molecule has 3 rings (SSSR count). The lowest BCUT2D eigenvalue weighted by Gasteiger charge is -2.22. The molecule has 0 aliphatic heterocycles. The summed E-state index contributed by atoms with van der Waals surface area (Å²) in [6, 6.07) is 14.4. The summed E-state index contributed by atoms with van der Waals surface area (Å²) in [5.41, 5.74) is 2.31. The molecule has 0 fully saturated rings. The number of hydrogen-bond donors (Lipinski definition) is 2. The lowest BCUT2D eigenvalue weighted by molar-refractivity contribution is -0.113. The second-order valence-electron chi connectivity index (χ2n) is 8.18. The third kappa shape index (κ3) is 6.17. The molecule has 9 heteroatoms. The molecule has 0 unspecified atom stereocenters. The Kier molecular flexibility index (Phi) is 8.70. The molecule has 180 valence electrons. The summed E-state index contributed by atoms with van der Waals surface area (Å²) in [4.78, 5) is 25.4. The molecule has 1 aromatic heterocycles. The van der Waals surface area contributed by atoms with Gasteiger partial charge >= 0.3 is 0 Å². The number of aryl methyl sites for hydroxylation is 1. The van der Waals surface area contributed by atoms with Crippen LogP contribution in [0.1, 0.15) is 48.6 Å². The van der Waals surface area contributed by atoms with Crippen LogP contribution in [0.5, 0.6) is 5.75 Å². The normalized spacial score (nSPS) is 11.8. The number of benzene rings is 2. The monoisotopic (exact) mass is 481 g/mol. The van der Waals surface area contributed by atoms with Crippen LogP contribution in [0.15, 0.2) is 53.7 Å². The van der Waals surface area contributed by atoms with Crippen LogP contribution in [-0.4, -0.2) is 39.4 Å². The zero-order valence-corrected chi connectivity index (χ0v) is 21.0. The molecule has 1 atom stereocenters. The maximum atomic E-state index is 12.9. The Hall–Kier alpha value is -3.33. The van der Waals surface area contributed by atoms with Gasteiger partial charge in [0.25, 0.3) is 5.91 Å². The Labute approximate surface area is 204 Å². The fourth-order valence-electron chi connectivity index (χ4n) is 3.46. The van der Waals surface area contributed by atoms with Crippen molar-refractivity contribution in [3.63, 3.8) is 0 Å². The van der Waals surface area contributed by atoms with Gasteiger partial charge in [0, 0.05) is 12.1 Å². The first-order chi connectivity index (χ1) is 16.3. The van der Waals surface area contributed by atoms with Gasteiger partial charge in [-0.05, 0) is 44.0 Å². The molecule has 0 aliphatic carbocycles. The van der Waals surface area contributed by atoms with Crippen molar-refractivity contribution in [1.29, 1.82) is 0 Å². The maximum Gasteiger partial charge on any atom is 0.251 e. The summed E-state index contributed by atoms with van der Waals surface area (Å²) in [7, 11) is 1.56. The van der Waals surface area contributed by atoms with Gasteiger partial charge in [-0.1, -0.05) is 55.4 Å². The lowest BCUT2D eigenvalue weighted by atomic mass is 10.0. The fourth-order valence-corrected chi connectivity index (χ4v) is 4.27. The molecule has 0 spiro atoms. The van der Waals surface area contributed by atoms with Gasteiger partial charge in [0.1, 0.15) is 5.75 Å². The first-order valence-electron chi connectivity index (χ1n) is 11.2. The maximum absolute atomic E-state index is 12.9. The van der Waals surface area contributed by atoms with Crippen LogP contribution in [0.3, 0.4) is 0 Å². The fraction of sp³-hybridized carbons (Fsp3) is 0.360. The van der Waals surface area contributed by atoms with E-state index in [9.17, 15) is 9.59 Å². The summed E-state index contributed by atoms with van der Waals surface area (Å²) in [6.07, 6.45) is 0. The van der Waals surface area contributed by atoms with E-state index in [1.165, 1.54) is 11.8 Å². The average molecular weight is 482 g/mol. The number of carbonyl (C=O) groups excluding carboxylic acids is 2. The molecule has 0 bridgehead atoms. The van der Waals surface area contributed by atoms with E-state index in [2.05, 4.69) is 20.8 Å². The third-order valence-electron chi connectivity index (χ3n) is 5.32. The quantitative estimate of drug-likeness (QED) is 0.415. The van der Waals surface area contributed by atoms with E-state index in [0.29, 0.717) is 34.5 Å². The van der Waals surface area contributed by atoms with Crippen molar-refractivity contribution in [2.75, 3.05) is 18.2 Å². The van der Waals surface area contributed by atoms with Crippen LogP contribution in [0.4, 0.5) is 5.69 Å². The minimum Gasteiger partial charge on any atom is -0.495 e. The van der Waals surface area contributed by atoms with Gasteiger partial charge in [-0.3, -0.25) is 9.59 Å². The number of thioether (sulfide) groups is 1. The van der Waals surface area contributed by atoms with Gasteiger partial charge in [0.2, 0.25) is 5.91 Å². The van der Waals surface area contributed by atoms with E-state index in [4.69, 9.17) is 4.74 Å². The number of amides is 2. The van der Waals surface area contributed by atoms with Crippen LogP contribution >= 0.6 is 11.8 Å². The Morgan fingerprint density at radius 3 is 2.44 bits per heavy atom. The highest BCUT2D eigenvalue weighted by Crippen LogP contribution is 2.27. The Morgan fingerprint density at radius 2 is 1.79 bits per heavy atom. The van der Waals surface area contributed by atoms with Gasteiger partial charge < -0.3 is 19.9 Å². The summed E-state index contributed by atoms with van der Waals surface area (Å²) < 4.78 is 7.23. The van der Waals surface area contributed by atoms with E-state index < -0.39 is 0 Å². The molecule has 2 N–H and O–H groups in total. The van der Waals surface area contributed by atoms with Crippen LogP contribution in [0.2, 0.25) is 0 Å². The van der Waals surface area contributed by atoms with Crippen molar-refractivity contribution in [3.05, 3.63) is 65.5 Å². The second kappa shape index (κ2) is 11.7. The van der Waals surface area contributed by atoms with Crippen LogP contribution in [-0.2, 0) is 11.3 Å². The number of hydrogen-bond acceptors (Lipinski definition) is 6. The van der Waals surface area contributed by atoms with Crippen molar-refractivity contribution >= 4 is 29.3 Å². The highest BCUT2D eigenvalue weighted by molar-refractivity contribution is 7.99. The van der Waals surface area contributed by atoms with Crippen LogP contribution < -0.4 is 15.4 Å². The number of aromatic nitrogens is 3. The molecule has 8 nitrogen and oxygen atoms in total. The molecule has 1 heterocycles. The van der Waals surface area contributed by atoms with Gasteiger partial charge in [-0.25, -0.2) is 0 Å². The molecule has 2 aromatic carbocycles. The van der Waals surface area contributed by atoms with Gasteiger partial charge in [-0.2, -0.15) is 0 Å². The van der Waals surface area contributed by atoms with Crippen LogP contribution in [0, 0.1) is 12.8 Å². The Morgan fingerprint density at radius 1 is 1.09 bits per heavy atom. The topological polar surface area (TPSA) is 98.1 Å². The van der Waals surface area contributed by atoms with E-state index in [0.717, 1.165) is 5.56 Å².